The second-order valence-corrected chi connectivity index (χ2v) is 4.22. The van der Waals surface area contributed by atoms with E-state index in [2.05, 4.69) is 5.48 Å². The molecule has 1 unspecified atom stereocenters. The maximum absolute atomic E-state index is 11.7. The molecule has 0 spiro atoms. The van der Waals surface area contributed by atoms with Crippen LogP contribution in [0.3, 0.4) is 0 Å². The fraction of sp³-hybridized carbons (Fsp3) is 0.385. The number of carbonyl (C=O) groups excluding carboxylic acids is 2. The molecule has 0 saturated carbocycles. The van der Waals surface area contributed by atoms with Crippen LogP contribution in [0.4, 0.5) is 0 Å². The van der Waals surface area contributed by atoms with Gasteiger partial charge in [-0.05, 0) is 19.4 Å². The topological polar surface area (TPSA) is 55.4 Å². The smallest absolute Gasteiger partial charge is 0.259 e. The summed E-state index contributed by atoms with van der Waals surface area (Å²) in [7, 11) is 0. The van der Waals surface area contributed by atoms with Gasteiger partial charge in [0.05, 0.1) is 5.92 Å². The number of nitrogens with one attached hydrogen (secondary N) is 1. The van der Waals surface area contributed by atoms with Crippen LogP contribution in [0.15, 0.2) is 18.2 Å². The Balaban J connectivity index is 2.32. The van der Waals surface area contributed by atoms with Crippen molar-refractivity contribution in [3.8, 4) is 5.75 Å². The van der Waals surface area contributed by atoms with Crippen molar-refractivity contribution in [2.45, 2.75) is 32.6 Å². The van der Waals surface area contributed by atoms with E-state index in [9.17, 15) is 9.59 Å². The molecule has 1 aliphatic heterocycles. The molecule has 0 aromatic heterocycles. The van der Waals surface area contributed by atoms with Crippen molar-refractivity contribution in [1.82, 2.24) is 5.48 Å². The van der Waals surface area contributed by atoms with Gasteiger partial charge < -0.3 is 4.84 Å². The Bertz CT molecular complexity index is 468. The molecular weight excluding hydrogens is 218 g/mol. The van der Waals surface area contributed by atoms with E-state index in [1.54, 1.807) is 18.2 Å². The monoisotopic (exact) mass is 233 g/mol. The number of rotatable bonds is 3. The summed E-state index contributed by atoms with van der Waals surface area (Å²) >= 11 is 0. The predicted molar refractivity (Wildman–Crippen MR) is 62.9 cm³/mol. The fourth-order valence-corrected chi connectivity index (χ4v) is 1.86. The molecule has 2 rings (SSSR count). The van der Waals surface area contributed by atoms with Gasteiger partial charge in [-0.25, -0.2) is 0 Å². The number of carbonyl (C=O) groups is 2. The van der Waals surface area contributed by atoms with E-state index >= 15 is 0 Å². The zero-order valence-corrected chi connectivity index (χ0v) is 9.95. The van der Waals surface area contributed by atoms with Crippen molar-refractivity contribution in [2.75, 3.05) is 0 Å². The number of amides is 1. The number of fused-ring (bicyclic) bond motifs is 1. The van der Waals surface area contributed by atoms with Crippen LogP contribution in [0.2, 0.25) is 0 Å². The molecule has 1 N–H and O–H groups in total. The lowest BCUT2D eigenvalue weighted by atomic mass is 9.95. The van der Waals surface area contributed by atoms with E-state index in [1.165, 1.54) is 0 Å². The van der Waals surface area contributed by atoms with Gasteiger partial charge >= 0.3 is 0 Å². The van der Waals surface area contributed by atoms with Crippen molar-refractivity contribution in [3.05, 3.63) is 29.3 Å². The SMILES string of the molecule is CCCC(=O)c1ccc2c(c1)ONC(=O)C2C. The average molecular weight is 233 g/mol. The molecule has 0 radical (unpaired) electrons. The van der Waals surface area contributed by atoms with Gasteiger partial charge in [0.25, 0.3) is 5.91 Å². The maximum Gasteiger partial charge on any atom is 0.259 e. The Morgan fingerprint density at radius 2 is 2.24 bits per heavy atom. The molecule has 17 heavy (non-hydrogen) atoms. The number of benzene rings is 1. The number of Topliss-reactive ketones (excluding diaryl/α,β-unsaturated/α-hetero) is 1. The molecule has 1 amide bonds. The Morgan fingerprint density at radius 3 is 2.94 bits per heavy atom. The lowest BCUT2D eigenvalue weighted by Crippen LogP contribution is -2.35. The normalized spacial score (nSPS) is 18.0. The van der Waals surface area contributed by atoms with Crippen LogP contribution in [0.5, 0.6) is 5.75 Å². The summed E-state index contributed by atoms with van der Waals surface area (Å²) in [5.41, 5.74) is 3.79. The van der Waals surface area contributed by atoms with Gasteiger partial charge in [-0.15, -0.1) is 0 Å². The van der Waals surface area contributed by atoms with Gasteiger partial charge in [0, 0.05) is 17.5 Å². The van der Waals surface area contributed by atoms with Crippen LogP contribution in [0.1, 0.15) is 48.5 Å². The molecule has 1 heterocycles. The Labute approximate surface area is 99.9 Å². The van der Waals surface area contributed by atoms with E-state index in [0.29, 0.717) is 17.7 Å². The highest BCUT2D eigenvalue weighted by Crippen LogP contribution is 2.30. The van der Waals surface area contributed by atoms with Crippen molar-refractivity contribution < 1.29 is 14.4 Å². The van der Waals surface area contributed by atoms with Gasteiger partial charge in [0.15, 0.2) is 11.5 Å². The first kappa shape index (κ1) is 11.6. The summed E-state index contributed by atoms with van der Waals surface area (Å²) < 4.78 is 0. The first-order valence-corrected chi connectivity index (χ1v) is 5.77. The molecule has 90 valence electrons. The molecule has 0 bridgehead atoms. The van der Waals surface area contributed by atoms with Gasteiger partial charge in [0.2, 0.25) is 0 Å². The van der Waals surface area contributed by atoms with Gasteiger partial charge in [-0.3, -0.25) is 9.59 Å². The van der Waals surface area contributed by atoms with E-state index in [4.69, 9.17) is 4.84 Å². The first-order chi connectivity index (χ1) is 8.13. The summed E-state index contributed by atoms with van der Waals surface area (Å²) in [6.07, 6.45) is 1.35. The zero-order valence-electron chi connectivity index (χ0n) is 9.95. The van der Waals surface area contributed by atoms with Crippen molar-refractivity contribution in [2.24, 2.45) is 0 Å². The highest BCUT2D eigenvalue weighted by atomic mass is 16.7. The third-order valence-electron chi connectivity index (χ3n) is 2.93. The minimum Gasteiger partial charge on any atom is -0.379 e. The van der Waals surface area contributed by atoms with Gasteiger partial charge in [0.1, 0.15) is 0 Å². The third kappa shape index (κ3) is 2.16. The van der Waals surface area contributed by atoms with Crippen LogP contribution < -0.4 is 10.3 Å². The number of hydrogen-bond acceptors (Lipinski definition) is 3. The average Bonchev–Trinajstić information content (AvgIpc) is 2.34. The summed E-state index contributed by atoms with van der Waals surface area (Å²) in [5, 5.41) is 0. The van der Waals surface area contributed by atoms with Crippen LogP contribution in [0.25, 0.3) is 0 Å². The van der Waals surface area contributed by atoms with Crippen LogP contribution >= 0.6 is 0 Å². The molecule has 0 saturated heterocycles. The molecule has 1 aromatic rings. The quantitative estimate of drug-likeness (QED) is 0.814. The van der Waals surface area contributed by atoms with Crippen LogP contribution in [-0.2, 0) is 4.79 Å². The van der Waals surface area contributed by atoms with Crippen molar-refractivity contribution >= 4 is 11.7 Å². The Hall–Kier alpha value is -1.84. The molecule has 0 fully saturated rings. The molecule has 4 heteroatoms. The van der Waals surface area contributed by atoms with Crippen LogP contribution in [0, 0.1) is 0 Å². The summed E-state index contributed by atoms with van der Waals surface area (Å²) in [5.74, 6) is 0.265. The standard InChI is InChI=1S/C13H15NO3/c1-3-4-11(15)9-5-6-10-8(2)13(16)14-17-12(10)7-9/h5-8H,3-4H2,1-2H3,(H,14,16). The predicted octanol–water partition coefficient (Wildman–Crippen LogP) is 2.20. The minimum absolute atomic E-state index is 0.100. The van der Waals surface area contributed by atoms with E-state index in [1.807, 2.05) is 13.8 Å². The van der Waals surface area contributed by atoms with E-state index < -0.39 is 0 Å². The lowest BCUT2D eigenvalue weighted by molar-refractivity contribution is -0.130. The molecule has 0 aliphatic carbocycles. The Kier molecular flexibility index (Phi) is 3.13. The summed E-state index contributed by atoms with van der Waals surface area (Å²) in [6, 6.07) is 5.25. The fourth-order valence-electron chi connectivity index (χ4n) is 1.86. The van der Waals surface area contributed by atoms with E-state index in [0.717, 1.165) is 12.0 Å². The highest BCUT2D eigenvalue weighted by Gasteiger charge is 2.25. The molecule has 1 aliphatic rings. The summed E-state index contributed by atoms with van der Waals surface area (Å²) in [6.45, 7) is 3.78. The number of hydrogen-bond donors (Lipinski definition) is 1. The molecule has 1 aromatic carbocycles. The van der Waals surface area contributed by atoms with Gasteiger partial charge in [-0.1, -0.05) is 19.1 Å². The first-order valence-electron chi connectivity index (χ1n) is 5.77. The highest BCUT2D eigenvalue weighted by molar-refractivity contribution is 5.97. The minimum atomic E-state index is -0.242. The van der Waals surface area contributed by atoms with Gasteiger partial charge in [-0.2, -0.15) is 5.48 Å². The second-order valence-electron chi connectivity index (χ2n) is 4.22. The number of ketones is 1. The molecular formula is C13H15NO3. The molecule has 1 atom stereocenters. The van der Waals surface area contributed by atoms with E-state index in [-0.39, 0.29) is 17.6 Å². The molecule has 4 nitrogen and oxygen atoms in total. The number of hydroxylamine groups is 1. The van der Waals surface area contributed by atoms with Crippen molar-refractivity contribution in [3.63, 3.8) is 0 Å². The summed E-state index contributed by atoms with van der Waals surface area (Å²) in [4.78, 5) is 28.2. The zero-order chi connectivity index (χ0) is 12.4. The third-order valence-corrected chi connectivity index (χ3v) is 2.93. The maximum atomic E-state index is 11.7. The second kappa shape index (κ2) is 4.57. The lowest BCUT2D eigenvalue weighted by Gasteiger charge is -2.22. The largest absolute Gasteiger partial charge is 0.379 e. The Morgan fingerprint density at radius 1 is 1.47 bits per heavy atom. The van der Waals surface area contributed by atoms with Crippen molar-refractivity contribution in [1.29, 1.82) is 0 Å². The van der Waals surface area contributed by atoms with Crippen LogP contribution in [-0.4, -0.2) is 11.7 Å².